The lowest BCUT2D eigenvalue weighted by molar-refractivity contribution is 0.0363. The second kappa shape index (κ2) is 11.6. The van der Waals surface area contributed by atoms with Crippen molar-refractivity contribution >= 4 is 27.7 Å². The zero-order valence-electron chi connectivity index (χ0n) is 20.0. The van der Waals surface area contributed by atoms with Gasteiger partial charge in [0.15, 0.2) is 0 Å². The highest BCUT2D eigenvalue weighted by atomic mass is 79.9. The number of alkyl halides is 1. The van der Waals surface area contributed by atoms with E-state index in [9.17, 15) is 18.7 Å². The minimum absolute atomic E-state index is 0.0683. The number of aromatic nitrogens is 2. The summed E-state index contributed by atoms with van der Waals surface area (Å²) >= 11 is 3.24. The predicted molar refractivity (Wildman–Crippen MR) is 138 cm³/mol. The van der Waals surface area contributed by atoms with Gasteiger partial charge < -0.3 is 21.5 Å². The van der Waals surface area contributed by atoms with Crippen molar-refractivity contribution in [1.29, 1.82) is 0 Å². The van der Waals surface area contributed by atoms with E-state index in [1.54, 1.807) is 13.1 Å². The maximum Gasteiger partial charge on any atom is 0.254 e. The van der Waals surface area contributed by atoms with Gasteiger partial charge >= 0.3 is 0 Å². The van der Waals surface area contributed by atoms with Gasteiger partial charge in [-0.25, -0.2) is 23.1 Å². The van der Waals surface area contributed by atoms with Gasteiger partial charge in [0.1, 0.15) is 29.3 Å². The third-order valence-electron chi connectivity index (χ3n) is 6.46. The molecule has 0 saturated heterocycles. The van der Waals surface area contributed by atoms with Crippen LogP contribution in [0.4, 0.5) is 19.0 Å². The van der Waals surface area contributed by atoms with Crippen LogP contribution in [0.5, 0.6) is 0 Å². The lowest BCUT2D eigenvalue weighted by Gasteiger charge is -2.28. The maximum atomic E-state index is 15.1. The zero-order valence-corrected chi connectivity index (χ0v) is 21.6. The lowest BCUT2D eigenvalue weighted by atomic mass is 9.84. The van der Waals surface area contributed by atoms with Crippen molar-refractivity contribution in [3.63, 3.8) is 0 Å². The van der Waals surface area contributed by atoms with Gasteiger partial charge in [0, 0.05) is 22.5 Å². The number of aliphatic hydroxyl groups is 1. The van der Waals surface area contributed by atoms with Gasteiger partial charge in [-0.15, -0.1) is 0 Å². The number of nitrogens with two attached hydrogens (primary N) is 1. The lowest BCUT2D eigenvalue weighted by Crippen LogP contribution is -2.35. The van der Waals surface area contributed by atoms with E-state index in [1.807, 2.05) is 0 Å². The molecule has 1 aliphatic rings. The maximum absolute atomic E-state index is 15.1. The van der Waals surface area contributed by atoms with Crippen LogP contribution in [0.2, 0.25) is 0 Å². The summed E-state index contributed by atoms with van der Waals surface area (Å²) in [5.74, 6) is -2.12. The Kier molecular flexibility index (Phi) is 8.46. The van der Waals surface area contributed by atoms with Gasteiger partial charge in [-0.3, -0.25) is 4.79 Å². The quantitative estimate of drug-likeness (QED) is 0.330. The third kappa shape index (κ3) is 6.28. The first kappa shape index (κ1) is 27.0. The van der Waals surface area contributed by atoms with Crippen molar-refractivity contribution in [2.75, 3.05) is 19.3 Å². The van der Waals surface area contributed by atoms with Gasteiger partial charge in [0.25, 0.3) is 5.91 Å². The Bertz CT molecular complexity index is 1270. The van der Waals surface area contributed by atoms with Crippen LogP contribution in [-0.2, 0) is 0 Å². The molecule has 4 atom stereocenters. The summed E-state index contributed by atoms with van der Waals surface area (Å²) in [6.45, 7) is 0.290. The number of likely N-dealkylation sites (N-methyl/N-ethyl adjacent to an activating group) is 1. The number of carbonyl (C=O) groups excluding carboxylic acids is 1. The van der Waals surface area contributed by atoms with E-state index in [1.165, 1.54) is 30.5 Å². The van der Waals surface area contributed by atoms with Gasteiger partial charge in [-0.1, -0.05) is 22.0 Å². The fraction of sp³-hybridized carbons (Fsp3) is 0.346. The van der Waals surface area contributed by atoms with Crippen LogP contribution in [0.15, 0.2) is 47.1 Å². The number of anilines is 1. The average molecular weight is 578 g/mol. The molecule has 0 aliphatic heterocycles. The summed E-state index contributed by atoms with van der Waals surface area (Å²) in [6.07, 6.45) is 0.105. The number of benzene rings is 2. The first-order chi connectivity index (χ1) is 17.7. The average Bonchev–Trinajstić information content (AvgIpc) is 2.85. The number of rotatable bonds is 7. The molecule has 1 aromatic heterocycles. The van der Waals surface area contributed by atoms with E-state index < -0.39 is 35.9 Å². The molecule has 1 saturated carbocycles. The van der Waals surface area contributed by atoms with Crippen LogP contribution in [0.3, 0.4) is 0 Å². The SMILES string of the molecule is CNC[C@@H](NC(=O)c1ccc(-c2nc([C@@H]3CC[C@@H](O)[C@@H](F)C3)cnc2N)cc1F)c1cc(F)cc(Br)c1. The second-order valence-corrected chi connectivity index (χ2v) is 10.0. The highest BCUT2D eigenvalue weighted by Gasteiger charge is 2.31. The summed E-state index contributed by atoms with van der Waals surface area (Å²) in [5.41, 5.74) is 7.36. The molecular weight excluding hydrogens is 551 g/mol. The fourth-order valence-corrected chi connectivity index (χ4v) is 4.99. The van der Waals surface area contributed by atoms with Crippen molar-refractivity contribution < 1.29 is 23.1 Å². The number of amides is 1. The van der Waals surface area contributed by atoms with Gasteiger partial charge in [0.2, 0.25) is 0 Å². The Hall–Kier alpha value is -3.02. The summed E-state index contributed by atoms with van der Waals surface area (Å²) in [5, 5.41) is 15.3. The Labute approximate surface area is 220 Å². The second-order valence-electron chi connectivity index (χ2n) is 9.10. The molecule has 3 aromatic rings. The van der Waals surface area contributed by atoms with Crippen LogP contribution in [0.1, 0.15) is 52.8 Å². The van der Waals surface area contributed by atoms with Crippen LogP contribution >= 0.6 is 15.9 Å². The van der Waals surface area contributed by atoms with E-state index in [0.29, 0.717) is 34.1 Å². The molecule has 1 amide bonds. The van der Waals surface area contributed by atoms with Crippen LogP contribution in [-0.4, -0.2) is 46.8 Å². The molecule has 37 heavy (non-hydrogen) atoms. The number of nitrogens with zero attached hydrogens (tertiary/aromatic N) is 2. The summed E-state index contributed by atoms with van der Waals surface area (Å²) in [7, 11) is 1.69. The monoisotopic (exact) mass is 577 g/mol. The molecule has 0 bridgehead atoms. The molecule has 1 fully saturated rings. The molecule has 0 spiro atoms. The van der Waals surface area contributed by atoms with Crippen LogP contribution in [0.25, 0.3) is 11.3 Å². The minimum Gasteiger partial charge on any atom is -0.390 e. The molecule has 4 rings (SSSR count). The summed E-state index contributed by atoms with van der Waals surface area (Å²) < 4.78 is 43.6. The van der Waals surface area contributed by atoms with E-state index in [2.05, 4.69) is 36.5 Å². The predicted octanol–water partition coefficient (Wildman–Crippen LogP) is 4.42. The molecule has 7 nitrogen and oxygen atoms in total. The number of nitrogens with one attached hydrogen (secondary N) is 2. The number of nitrogen functional groups attached to an aromatic ring is 1. The van der Waals surface area contributed by atoms with E-state index in [4.69, 9.17) is 5.73 Å². The smallest absolute Gasteiger partial charge is 0.254 e. The highest BCUT2D eigenvalue weighted by Crippen LogP contribution is 2.35. The fourth-order valence-electron chi connectivity index (χ4n) is 4.50. The van der Waals surface area contributed by atoms with Gasteiger partial charge in [-0.05, 0) is 62.2 Å². The third-order valence-corrected chi connectivity index (χ3v) is 6.92. The molecule has 5 N–H and O–H groups in total. The minimum atomic E-state index is -1.35. The number of hydrogen-bond acceptors (Lipinski definition) is 6. The van der Waals surface area contributed by atoms with Crippen LogP contribution in [0, 0.1) is 11.6 Å². The van der Waals surface area contributed by atoms with Crippen molar-refractivity contribution in [2.24, 2.45) is 0 Å². The van der Waals surface area contributed by atoms with Crippen LogP contribution < -0.4 is 16.4 Å². The van der Waals surface area contributed by atoms with E-state index in [0.717, 1.165) is 6.07 Å². The topological polar surface area (TPSA) is 113 Å². The van der Waals surface area contributed by atoms with E-state index >= 15 is 4.39 Å². The zero-order chi connectivity index (χ0) is 26.7. The standard InChI is InChI=1S/C26H27BrF3N5O2/c1-32-11-21(15-6-16(27)10-17(28)7-15)35-26(37)18-4-2-14(9-19(18)29)24-25(31)33-12-22(34-24)13-3-5-23(36)20(30)8-13/h2,4,6-7,9-10,12-13,20-21,23,32,36H,3,5,8,11H2,1H3,(H2,31,33)(H,35,37)/t13-,20+,21-,23-/m1/s1. The van der Waals surface area contributed by atoms with Gasteiger partial charge in [-0.2, -0.15) is 0 Å². The highest BCUT2D eigenvalue weighted by molar-refractivity contribution is 9.10. The summed E-state index contributed by atoms with van der Waals surface area (Å²) in [6, 6.07) is 7.65. The number of carbonyl (C=O) groups is 1. The summed E-state index contributed by atoms with van der Waals surface area (Å²) in [4.78, 5) is 21.6. The van der Waals surface area contributed by atoms with E-state index in [-0.39, 0.29) is 36.0 Å². The Morgan fingerprint density at radius 1 is 1.24 bits per heavy atom. The van der Waals surface area contributed by atoms with Crippen molar-refractivity contribution in [2.45, 2.75) is 43.5 Å². The molecule has 2 aromatic carbocycles. The molecule has 0 radical (unpaired) electrons. The number of aliphatic hydroxyl groups excluding tert-OH is 1. The molecule has 1 heterocycles. The van der Waals surface area contributed by atoms with Crippen molar-refractivity contribution in [3.05, 3.63) is 75.5 Å². The molecular formula is C26H27BrF3N5O2. The molecule has 11 heteroatoms. The Balaban J connectivity index is 1.56. The van der Waals surface area contributed by atoms with Crippen molar-refractivity contribution in [3.8, 4) is 11.3 Å². The van der Waals surface area contributed by atoms with Gasteiger partial charge in [0.05, 0.1) is 29.6 Å². The molecule has 196 valence electrons. The molecule has 0 unspecified atom stereocenters. The first-order valence-corrected chi connectivity index (χ1v) is 12.6. The normalized spacial score (nSPS) is 20.4. The molecule has 1 aliphatic carbocycles. The Morgan fingerprint density at radius 2 is 2.03 bits per heavy atom. The largest absolute Gasteiger partial charge is 0.390 e. The van der Waals surface area contributed by atoms with Crippen molar-refractivity contribution in [1.82, 2.24) is 20.6 Å². The number of hydrogen-bond donors (Lipinski definition) is 4. The first-order valence-electron chi connectivity index (χ1n) is 11.8. The Morgan fingerprint density at radius 3 is 2.70 bits per heavy atom. The number of halogens is 4.